The number of hydrogen-bond acceptors (Lipinski definition) is 5. The molecule has 3 rings (SSSR count). The largest absolute Gasteiger partial charge is 0.493 e. The molecular weight excluding hydrogens is 452 g/mol. The Labute approximate surface area is 192 Å². The molecule has 3 aromatic carbocycles. The summed E-state index contributed by atoms with van der Waals surface area (Å²) in [6.07, 6.45) is 0. The molecule has 0 radical (unpaired) electrons. The number of sulfonamides is 1. The first-order valence-electron chi connectivity index (χ1n) is 9.65. The van der Waals surface area contributed by atoms with Crippen molar-refractivity contribution in [3.8, 4) is 11.5 Å². The van der Waals surface area contributed by atoms with E-state index in [1.807, 2.05) is 13.0 Å². The maximum atomic E-state index is 12.7. The Kier molecular flexibility index (Phi) is 7.27. The van der Waals surface area contributed by atoms with Crippen LogP contribution in [0.15, 0.2) is 71.6 Å². The third-order valence-electron chi connectivity index (χ3n) is 4.78. The Morgan fingerprint density at radius 3 is 2.25 bits per heavy atom. The van der Waals surface area contributed by atoms with Gasteiger partial charge in [-0.05, 0) is 55.0 Å². The van der Waals surface area contributed by atoms with Gasteiger partial charge in [-0.15, -0.1) is 0 Å². The van der Waals surface area contributed by atoms with Crippen LogP contribution in [-0.2, 0) is 10.0 Å². The molecule has 168 valence electrons. The Balaban J connectivity index is 1.74. The van der Waals surface area contributed by atoms with Crippen LogP contribution in [0.4, 0.5) is 5.69 Å². The number of amides is 1. The molecule has 1 amide bonds. The average molecular weight is 475 g/mol. The predicted octanol–water partition coefficient (Wildman–Crippen LogP) is 4.65. The molecule has 0 saturated carbocycles. The number of carbonyl (C=O) groups is 1. The fourth-order valence-corrected chi connectivity index (χ4v) is 4.41. The summed E-state index contributed by atoms with van der Waals surface area (Å²) in [7, 11) is -0.700. The zero-order valence-corrected chi connectivity index (χ0v) is 19.3. The van der Waals surface area contributed by atoms with Crippen molar-refractivity contribution in [2.45, 2.75) is 17.9 Å². The van der Waals surface area contributed by atoms with Gasteiger partial charge in [-0.1, -0.05) is 35.9 Å². The molecule has 0 aliphatic rings. The Morgan fingerprint density at radius 2 is 1.62 bits per heavy atom. The van der Waals surface area contributed by atoms with Crippen LogP contribution in [0, 0.1) is 0 Å². The summed E-state index contributed by atoms with van der Waals surface area (Å²) in [5, 5.41) is 3.00. The van der Waals surface area contributed by atoms with Gasteiger partial charge in [-0.3, -0.25) is 9.52 Å². The Hall–Kier alpha value is -3.23. The van der Waals surface area contributed by atoms with E-state index in [9.17, 15) is 13.2 Å². The lowest BCUT2D eigenvalue weighted by molar-refractivity contribution is 0.0940. The van der Waals surface area contributed by atoms with E-state index >= 15 is 0 Å². The van der Waals surface area contributed by atoms with Crippen molar-refractivity contribution in [1.29, 1.82) is 0 Å². The van der Waals surface area contributed by atoms with E-state index in [-0.39, 0.29) is 27.6 Å². The van der Waals surface area contributed by atoms with Gasteiger partial charge in [0.15, 0.2) is 11.5 Å². The molecule has 0 bridgehead atoms. The molecule has 1 atom stereocenters. The fourth-order valence-electron chi connectivity index (χ4n) is 3.03. The molecule has 0 aliphatic carbocycles. The molecule has 0 spiro atoms. The van der Waals surface area contributed by atoms with Gasteiger partial charge in [0.25, 0.3) is 15.9 Å². The lowest BCUT2D eigenvalue weighted by Gasteiger charge is -2.17. The summed E-state index contributed by atoms with van der Waals surface area (Å²) >= 11 is 6.26. The third kappa shape index (κ3) is 5.33. The fraction of sp³-hybridized carbons (Fsp3) is 0.174. The summed E-state index contributed by atoms with van der Waals surface area (Å²) in [5.74, 6) is 0.797. The van der Waals surface area contributed by atoms with E-state index in [4.69, 9.17) is 21.1 Å². The number of benzene rings is 3. The third-order valence-corrected chi connectivity index (χ3v) is 6.48. The van der Waals surface area contributed by atoms with Crippen molar-refractivity contribution in [1.82, 2.24) is 5.32 Å². The second kappa shape index (κ2) is 9.93. The first-order chi connectivity index (χ1) is 15.2. The number of anilines is 1. The molecule has 0 fully saturated rings. The summed E-state index contributed by atoms with van der Waals surface area (Å²) in [6, 6.07) is 17.4. The summed E-state index contributed by atoms with van der Waals surface area (Å²) in [4.78, 5) is 12.8. The van der Waals surface area contributed by atoms with Gasteiger partial charge >= 0.3 is 0 Å². The van der Waals surface area contributed by atoms with Crippen LogP contribution in [0.2, 0.25) is 5.02 Å². The van der Waals surface area contributed by atoms with Gasteiger partial charge < -0.3 is 14.8 Å². The zero-order chi connectivity index (χ0) is 23.3. The maximum absolute atomic E-state index is 12.7. The van der Waals surface area contributed by atoms with Gasteiger partial charge in [-0.2, -0.15) is 0 Å². The lowest BCUT2D eigenvalue weighted by Crippen LogP contribution is -2.26. The van der Waals surface area contributed by atoms with E-state index in [1.54, 1.807) is 44.6 Å². The van der Waals surface area contributed by atoms with Crippen molar-refractivity contribution in [3.63, 3.8) is 0 Å². The maximum Gasteiger partial charge on any atom is 0.261 e. The van der Waals surface area contributed by atoms with Crippen molar-refractivity contribution in [3.05, 3.63) is 82.9 Å². The first kappa shape index (κ1) is 23.4. The highest BCUT2D eigenvalue weighted by atomic mass is 35.5. The molecular formula is C23H23ClN2O5S. The number of carbonyl (C=O) groups excluding carboxylic acids is 1. The van der Waals surface area contributed by atoms with Gasteiger partial charge in [0.05, 0.1) is 35.9 Å². The Morgan fingerprint density at radius 1 is 0.938 bits per heavy atom. The number of methoxy groups -OCH3 is 2. The van der Waals surface area contributed by atoms with Crippen LogP contribution < -0.4 is 19.5 Å². The first-order valence-corrected chi connectivity index (χ1v) is 11.5. The van der Waals surface area contributed by atoms with Crippen LogP contribution in [0.5, 0.6) is 11.5 Å². The molecule has 0 aliphatic heterocycles. The second-order valence-corrected chi connectivity index (χ2v) is 9.01. The molecule has 0 unspecified atom stereocenters. The summed E-state index contributed by atoms with van der Waals surface area (Å²) < 4.78 is 38.0. The highest BCUT2D eigenvalue weighted by Gasteiger charge is 2.18. The zero-order valence-electron chi connectivity index (χ0n) is 17.8. The van der Waals surface area contributed by atoms with Crippen molar-refractivity contribution >= 4 is 33.2 Å². The molecule has 3 aromatic rings. The van der Waals surface area contributed by atoms with Gasteiger partial charge in [0, 0.05) is 5.56 Å². The highest BCUT2D eigenvalue weighted by molar-refractivity contribution is 7.92. The monoisotopic (exact) mass is 474 g/mol. The van der Waals surface area contributed by atoms with Crippen LogP contribution >= 0.6 is 11.6 Å². The number of halogens is 1. The van der Waals surface area contributed by atoms with E-state index in [1.165, 1.54) is 30.3 Å². The van der Waals surface area contributed by atoms with Gasteiger partial charge in [-0.25, -0.2) is 8.42 Å². The number of hydrogen-bond donors (Lipinski definition) is 2. The number of nitrogens with one attached hydrogen (secondary N) is 2. The van der Waals surface area contributed by atoms with Crippen molar-refractivity contribution in [2.75, 3.05) is 18.9 Å². The van der Waals surface area contributed by atoms with Gasteiger partial charge in [0.2, 0.25) is 0 Å². The second-order valence-electron chi connectivity index (χ2n) is 6.92. The highest BCUT2D eigenvalue weighted by Crippen LogP contribution is 2.30. The molecule has 9 heteroatoms. The molecule has 0 saturated heterocycles. The number of rotatable bonds is 8. The van der Waals surface area contributed by atoms with Crippen LogP contribution in [0.25, 0.3) is 0 Å². The molecule has 7 nitrogen and oxygen atoms in total. The van der Waals surface area contributed by atoms with Crippen molar-refractivity contribution in [2.24, 2.45) is 0 Å². The topological polar surface area (TPSA) is 93.7 Å². The minimum absolute atomic E-state index is 0.107. The van der Waals surface area contributed by atoms with Crippen LogP contribution in [0.1, 0.15) is 28.9 Å². The quantitative estimate of drug-likeness (QED) is 0.495. The minimum Gasteiger partial charge on any atom is -0.493 e. The van der Waals surface area contributed by atoms with Crippen LogP contribution in [0.3, 0.4) is 0 Å². The van der Waals surface area contributed by atoms with E-state index in [2.05, 4.69) is 10.0 Å². The number of ether oxygens (including phenoxy) is 2. The summed E-state index contributed by atoms with van der Waals surface area (Å²) in [5.41, 5.74) is 1.30. The van der Waals surface area contributed by atoms with E-state index < -0.39 is 10.0 Å². The normalized spacial score (nSPS) is 12.0. The van der Waals surface area contributed by atoms with E-state index in [0.717, 1.165) is 5.56 Å². The standard InChI is InChI=1S/C23H23ClN2O5S/c1-15(16-10-12-21(30-2)22(14-16)31-3)25-23(27)17-9-11-20(19(24)13-17)26-32(28,29)18-7-5-4-6-8-18/h4-15,26H,1-3H3,(H,25,27)/t15-/m0/s1. The smallest absolute Gasteiger partial charge is 0.261 e. The Bertz CT molecular complexity index is 1220. The molecule has 0 heterocycles. The van der Waals surface area contributed by atoms with Crippen LogP contribution in [-0.4, -0.2) is 28.5 Å². The molecule has 2 N–H and O–H groups in total. The van der Waals surface area contributed by atoms with Crippen molar-refractivity contribution < 1.29 is 22.7 Å². The lowest BCUT2D eigenvalue weighted by atomic mass is 10.1. The minimum atomic E-state index is -3.79. The predicted molar refractivity (Wildman–Crippen MR) is 124 cm³/mol. The molecule has 32 heavy (non-hydrogen) atoms. The average Bonchev–Trinajstić information content (AvgIpc) is 2.80. The van der Waals surface area contributed by atoms with E-state index in [0.29, 0.717) is 17.1 Å². The SMILES string of the molecule is COc1ccc([C@H](C)NC(=O)c2ccc(NS(=O)(=O)c3ccccc3)c(Cl)c2)cc1OC. The summed E-state index contributed by atoms with van der Waals surface area (Å²) in [6.45, 7) is 1.84. The molecule has 0 aromatic heterocycles. The van der Waals surface area contributed by atoms with Gasteiger partial charge in [0.1, 0.15) is 0 Å².